The van der Waals surface area contributed by atoms with Crippen LogP contribution in [0.15, 0.2) is 0 Å². The van der Waals surface area contributed by atoms with Crippen LogP contribution in [0.1, 0.15) is 20.3 Å². The van der Waals surface area contributed by atoms with Gasteiger partial charge in [-0.2, -0.15) is 0 Å². The molecule has 0 spiro atoms. The Hall–Kier alpha value is -0.970. The van der Waals surface area contributed by atoms with Gasteiger partial charge in [0.25, 0.3) is 0 Å². The molecule has 2 atom stereocenters. The second-order valence-corrected chi connectivity index (χ2v) is 2.54. The van der Waals surface area contributed by atoms with Gasteiger partial charge in [-0.05, 0) is 6.42 Å². The van der Waals surface area contributed by atoms with E-state index >= 15 is 0 Å². The van der Waals surface area contributed by atoms with E-state index in [0.717, 1.165) is 0 Å². The lowest BCUT2D eigenvalue weighted by Crippen LogP contribution is -2.12. The van der Waals surface area contributed by atoms with E-state index in [1.807, 2.05) is 6.92 Å². The molecule has 0 aliphatic carbocycles. The average Bonchev–Trinajstić information content (AvgIpc) is 1.87. The number of carboxylic acids is 1. The first-order valence-corrected chi connectivity index (χ1v) is 3.26. The van der Waals surface area contributed by atoms with Crippen molar-refractivity contribution >= 4 is 5.97 Å². The zero-order valence-corrected chi connectivity index (χ0v) is 6.29. The van der Waals surface area contributed by atoms with E-state index in [-0.39, 0.29) is 11.8 Å². The van der Waals surface area contributed by atoms with Gasteiger partial charge in [-0.25, -0.2) is 0 Å². The Bertz CT molecular complexity index is 155. The van der Waals surface area contributed by atoms with Crippen molar-refractivity contribution in [1.29, 1.82) is 0 Å². The van der Waals surface area contributed by atoms with Crippen LogP contribution in [0, 0.1) is 24.2 Å². The summed E-state index contributed by atoms with van der Waals surface area (Å²) >= 11 is 0. The summed E-state index contributed by atoms with van der Waals surface area (Å²) in [7, 11) is 0. The fourth-order valence-corrected chi connectivity index (χ4v) is 0.699. The summed E-state index contributed by atoms with van der Waals surface area (Å²) in [6, 6.07) is 0. The molecule has 0 saturated heterocycles. The number of hydrogen-bond acceptors (Lipinski definition) is 1. The standard InChI is InChI=1S/C8H12O2/c1-4-6(2)5-7(3)8(9)10/h1,6-7H,5H2,2-3H3,(H,9,10). The molecule has 0 aliphatic rings. The fraction of sp³-hybridized carbons (Fsp3) is 0.625. The summed E-state index contributed by atoms with van der Waals surface area (Å²) in [5.41, 5.74) is 0. The van der Waals surface area contributed by atoms with Gasteiger partial charge < -0.3 is 5.11 Å². The molecule has 0 heterocycles. The summed E-state index contributed by atoms with van der Waals surface area (Å²) in [4.78, 5) is 10.3. The smallest absolute Gasteiger partial charge is 0.306 e. The van der Waals surface area contributed by atoms with Gasteiger partial charge in [0.05, 0.1) is 5.92 Å². The molecule has 0 bridgehead atoms. The van der Waals surface area contributed by atoms with Crippen LogP contribution in [0.2, 0.25) is 0 Å². The Morgan fingerprint density at radius 1 is 1.70 bits per heavy atom. The van der Waals surface area contributed by atoms with E-state index in [1.54, 1.807) is 6.92 Å². The summed E-state index contributed by atoms with van der Waals surface area (Å²) in [5.74, 6) is 1.44. The zero-order chi connectivity index (χ0) is 8.15. The van der Waals surface area contributed by atoms with Crippen LogP contribution in [-0.4, -0.2) is 11.1 Å². The predicted molar refractivity (Wildman–Crippen MR) is 39.4 cm³/mol. The molecule has 1 N–H and O–H groups in total. The first-order chi connectivity index (χ1) is 4.57. The van der Waals surface area contributed by atoms with Crippen molar-refractivity contribution < 1.29 is 9.90 Å². The largest absolute Gasteiger partial charge is 0.481 e. The van der Waals surface area contributed by atoms with Gasteiger partial charge in [-0.3, -0.25) is 4.79 Å². The maximum Gasteiger partial charge on any atom is 0.306 e. The molecule has 2 heteroatoms. The molecule has 0 aliphatic heterocycles. The van der Waals surface area contributed by atoms with Crippen molar-refractivity contribution in [2.45, 2.75) is 20.3 Å². The first kappa shape index (κ1) is 9.03. The van der Waals surface area contributed by atoms with Crippen molar-refractivity contribution in [1.82, 2.24) is 0 Å². The minimum Gasteiger partial charge on any atom is -0.481 e. The molecule has 0 aromatic heterocycles. The molecule has 0 aromatic rings. The van der Waals surface area contributed by atoms with E-state index in [4.69, 9.17) is 11.5 Å². The average molecular weight is 140 g/mol. The topological polar surface area (TPSA) is 37.3 Å². The van der Waals surface area contributed by atoms with Crippen LogP contribution in [0.4, 0.5) is 0 Å². The van der Waals surface area contributed by atoms with Crippen molar-refractivity contribution in [3.63, 3.8) is 0 Å². The van der Waals surface area contributed by atoms with Gasteiger partial charge in [0.1, 0.15) is 0 Å². The number of carbonyl (C=O) groups is 1. The number of terminal acetylenes is 1. The van der Waals surface area contributed by atoms with E-state index in [9.17, 15) is 4.79 Å². The Morgan fingerprint density at radius 2 is 2.20 bits per heavy atom. The zero-order valence-electron chi connectivity index (χ0n) is 6.29. The van der Waals surface area contributed by atoms with E-state index < -0.39 is 5.97 Å². The van der Waals surface area contributed by atoms with Crippen LogP contribution in [0.3, 0.4) is 0 Å². The number of rotatable bonds is 3. The molecule has 0 aromatic carbocycles. The molecule has 0 radical (unpaired) electrons. The highest BCUT2D eigenvalue weighted by atomic mass is 16.4. The molecular formula is C8H12O2. The van der Waals surface area contributed by atoms with Crippen LogP contribution in [-0.2, 0) is 4.79 Å². The second-order valence-electron chi connectivity index (χ2n) is 2.54. The normalized spacial score (nSPS) is 15.3. The Morgan fingerprint density at radius 3 is 2.50 bits per heavy atom. The number of carboxylic acid groups (broad SMARTS) is 1. The third-order valence-corrected chi connectivity index (χ3v) is 1.41. The third-order valence-electron chi connectivity index (χ3n) is 1.41. The molecule has 10 heavy (non-hydrogen) atoms. The maximum absolute atomic E-state index is 10.3. The molecular weight excluding hydrogens is 128 g/mol. The lowest BCUT2D eigenvalue weighted by atomic mass is 9.98. The van der Waals surface area contributed by atoms with Crippen LogP contribution in [0.25, 0.3) is 0 Å². The predicted octanol–water partition coefficient (Wildman–Crippen LogP) is 1.37. The molecule has 0 saturated carbocycles. The molecule has 0 rings (SSSR count). The van der Waals surface area contributed by atoms with Crippen LogP contribution < -0.4 is 0 Å². The molecule has 0 fully saturated rings. The summed E-state index contributed by atoms with van der Waals surface area (Å²) in [6.45, 7) is 3.51. The molecule has 2 nitrogen and oxygen atoms in total. The quantitative estimate of drug-likeness (QED) is 0.601. The second kappa shape index (κ2) is 3.94. The highest BCUT2D eigenvalue weighted by Gasteiger charge is 2.12. The minimum absolute atomic E-state index is 0.0612. The SMILES string of the molecule is C#CC(C)CC(C)C(=O)O. The summed E-state index contributed by atoms with van der Waals surface area (Å²) in [5, 5.41) is 8.46. The van der Waals surface area contributed by atoms with Crippen LogP contribution in [0.5, 0.6) is 0 Å². The Labute approximate surface area is 61.2 Å². The third kappa shape index (κ3) is 3.13. The van der Waals surface area contributed by atoms with Gasteiger partial charge in [-0.15, -0.1) is 12.3 Å². The molecule has 0 amide bonds. The van der Waals surface area contributed by atoms with Gasteiger partial charge in [0.15, 0.2) is 0 Å². The summed E-state index contributed by atoms with van der Waals surface area (Å²) in [6.07, 6.45) is 5.64. The van der Waals surface area contributed by atoms with Crippen molar-refractivity contribution in [2.24, 2.45) is 11.8 Å². The van der Waals surface area contributed by atoms with Crippen LogP contribution >= 0.6 is 0 Å². The maximum atomic E-state index is 10.3. The van der Waals surface area contributed by atoms with Gasteiger partial charge in [-0.1, -0.05) is 13.8 Å². The van der Waals surface area contributed by atoms with E-state index in [1.165, 1.54) is 0 Å². The molecule has 2 unspecified atom stereocenters. The summed E-state index contributed by atoms with van der Waals surface area (Å²) < 4.78 is 0. The van der Waals surface area contributed by atoms with Crippen molar-refractivity contribution in [2.75, 3.05) is 0 Å². The lowest BCUT2D eigenvalue weighted by molar-refractivity contribution is -0.141. The lowest BCUT2D eigenvalue weighted by Gasteiger charge is -2.06. The fourth-order valence-electron chi connectivity index (χ4n) is 0.699. The van der Waals surface area contributed by atoms with Gasteiger partial charge in [0.2, 0.25) is 0 Å². The number of aliphatic carboxylic acids is 1. The monoisotopic (exact) mass is 140 g/mol. The van der Waals surface area contributed by atoms with E-state index in [0.29, 0.717) is 6.42 Å². The molecule has 56 valence electrons. The van der Waals surface area contributed by atoms with E-state index in [2.05, 4.69) is 5.92 Å². The van der Waals surface area contributed by atoms with Crippen molar-refractivity contribution in [3.05, 3.63) is 0 Å². The first-order valence-electron chi connectivity index (χ1n) is 3.26. The van der Waals surface area contributed by atoms with Gasteiger partial charge >= 0.3 is 5.97 Å². The van der Waals surface area contributed by atoms with Crippen molar-refractivity contribution in [3.8, 4) is 12.3 Å². The minimum atomic E-state index is -0.776. The highest BCUT2D eigenvalue weighted by Crippen LogP contribution is 2.10. The highest BCUT2D eigenvalue weighted by molar-refractivity contribution is 5.69. The number of hydrogen-bond donors (Lipinski definition) is 1. The Balaban J connectivity index is 3.70. The Kier molecular flexibility index (Phi) is 3.56. The van der Waals surface area contributed by atoms with Gasteiger partial charge in [0, 0.05) is 5.92 Å².